The zero-order valence-corrected chi connectivity index (χ0v) is 19.6. The lowest BCUT2D eigenvalue weighted by molar-refractivity contribution is -0.130. The Labute approximate surface area is 191 Å². The van der Waals surface area contributed by atoms with Gasteiger partial charge in [0, 0.05) is 22.0 Å². The molecule has 1 atom stereocenters. The lowest BCUT2D eigenvalue weighted by Gasteiger charge is -2.35. The number of sulfone groups is 1. The van der Waals surface area contributed by atoms with E-state index in [0.717, 1.165) is 16.9 Å². The lowest BCUT2D eigenvalue weighted by atomic mass is 9.94. The van der Waals surface area contributed by atoms with Gasteiger partial charge in [-0.25, -0.2) is 13.9 Å². The Bertz CT molecular complexity index is 1070. The van der Waals surface area contributed by atoms with Gasteiger partial charge in [0.25, 0.3) is 0 Å². The standard InChI is InChI=1S/C22H28N2O6S2/c1-2-11-30-15-21(26)23-17-7-5-6-16(13-17)18-8-9-19(31-18)22(14-20(25)24-27)10-3-4-12-32(22,28)29/h5-9,13,27H,2-4,10-12,14-15H2,1H3,(H,23,26)(H,24,25)/t22-/m0/s1. The monoisotopic (exact) mass is 480 g/mol. The van der Waals surface area contributed by atoms with Crippen molar-refractivity contribution < 1.29 is 28.0 Å². The summed E-state index contributed by atoms with van der Waals surface area (Å²) in [7, 11) is -3.58. The molecule has 0 saturated carbocycles. The van der Waals surface area contributed by atoms with E-state index in [0.29, 0.717) is 36.4 Å². The number of hydrogen-bond donors (Lipinski definition) is 3. The summed E-state index contributed by atoms with van der Waals surface area (Å²) in [6.07, 6.45) is 2.09. The molecule has 1 aromatic carbocycles. The molecule has 2 heterocycles. The van der Waals surface area contributed by atoms with Crippen LogP contribution in [0.1, 0.15) is 43.9 Å². The normalized spacial score (nSPS) is 19.9. The molecular formula is C22H28N2O6S2. The maximum absolute atomic E-state index is 13.1. The first-order chi connectivity index (χ1) is 15.3. The third-order valence-corrected chi connectivity index (χ3v) is 9.53. The van der Waals surface area contributed by atoms with Crippen molar-refractivity contribution in [1.82, 2.24) is 5.48 Å². The molecule has 174 valence electrons. The van der Waals surface area contributed by atoms with Crippen molar-refractivity contribution in [2.75, 3.05) is 24.3 Å². The SMILES string of the molecule is CCCOCC(=O)Nc1cccc(-c2ccc([C@@]3(CC(=O)NO)CCCCS3(=O)=O)s2)c1. The highest BCUT2D eigenvalue weighted by Crippen LogP contribution is 2.47. The van der Waals surface area contributed by atoms with Crippen LogP contribution in [0.15, 0.2) is 36.4 Å². The van der Waals surface area contributed by atoms with Crippen LogP contribution in [-0.2, 0) is 28.9 Å². The molecule has 1 aliphatic heterocycles. The number of hydrogen-bond acceptors (Lipinski definition) is 7. The zero-order chi connectivity index (χ0) is 23.2. The van der Waals surface area contributed by atoms with E-state index in [2.05, 4.69) is 5.32 Å². The zero-order valence-electron chi connectivity index (χ0n) is 17.9. The molecule has 1 saturated heterocycles. The molecule has 0 bridgehead atoms. The second-order valence-electron chi connectivity index (χ2n) is 7.83. The van der Waals surface area contributed by atoms with Crippen molar-refractivity contribution in [2.45, 2.75) is 43.8 Å². The van der Waals surface area contributed by atoms with Crippen molar-refractivity contribution in [2.24, 2.45) is 0 Å². The summed E-state index contributed by atoms with van der Waals surface area (Å²) in [5, 5.41) is 11.8. The van der Waals surface area contributed by atoms with E-state index in [4.69, 9.17) is 9.94 Å². The van der Waals surface area contributed by atoms with Crippen LogP contribution in [0.25, 0.3) is 10.4 Å². The minimum Gasteiger partial charge on any atom is -0.372 e. The van der Waals surface area contributed by atoms with Crippen molar-refractivity contribution in [3.8, 4) is 10.4 Å². The Balaban J connectivity index is 1.87. The van der Waals surface area contributed by atoms with Gasteiger partial charge in [0.05, 0.1) is 12.2 Å². The molecule has 2 amide bonds. The van der Waals surface area contributed by atoms with Crippen LogP contribution in [-0.4, -0.2) is 44.4 Å². The third-order valence-electron chi connectivity index (χ3n) is 5.48. The number of hydroxylamine groups is 1. The topological polar surface area (TPSA) is 122 Å². The quantitative estimate of drug-likeness (QED) is 0.287. The number of nitrogens with one attached hydrogen (secondary N) is 2. The van der Waals surface area contributed by atoms with Gasteiger partial charge in [-0.15, -0.1) is 11.3 Å². The number of thiophene rings is 1. The Morgan fingerprint density at radius 1 is 1.19 bits per heavy atom. The summed E-state index contributed by atoms with van der Waals surface area (Å²) in [5.41, 5.74) is 3.01. The Morgan fingerprint density at radius 3 is 2.72 bits per heavy atom. The van der Waals surface area contributed by atoms with E-state index in [-0.39, 0.29) is 24.7 Å². The molecule has 0 radical (unpaired) electrons. The summed E-state index contributed by atoms with van der Waals surface area (Å²) >= 11 is 1.31. The fraction of sp³-hybridized carbons (Fsp3) is 0.455. The second kappa shape index (κ2) is 10.6. The van der Waals surface area contributed by atoms with Gasteiger partial charge in [-0.1, -0.05) is 25.5 Å². The molecule has 8 nitrogen and oxygen atoms in total. The van der Waals surface area contributed by atoms with E-state index in [9.17, 15) is 18.0 Å². The molecule has 2 aromatic rings. The largest absolute Gasteiger partial charge is 0.372 e. The van der Waals surface area contributed by atoms with E-state index < -0.39 is 20.5 Å². The summed E-state index contributed by atoms with van der Waals surface area (Å²) in [6, 6.07) is 10.8. The number of carbonyl (C=O) groups is 2. The van der Waals surface area contributed by atoms with Crippen LogP contribution in [0.3, 0.4) is 0 Å². The van der Waals surface area contributed by atoms with E-state index in [1.165, 1.54) is 11.3 Å². The summed E-state index contributed by atoms with van der Waals surface area (Å²) in [4.78, 5) is 25.4. The molecule has 0 spiro atoms. The predicted molar refractivity (Wildman–Crippen MR) is 123 cm³/mol. The average molecular weight is 481 g/mol. The van der Waals surface area contributed by atoms with Gasteiger partial charge in [-0.05, 0) is 49.1 Å². The van der Waals surface area contributed by atoms with E-state index >= 15 is 0 Å². The number of rotatable bonds is 9. The molecule has 1 aromatic heterocycles. The fourth-order valence-electron chi connectivity index (χ4n) is 3.91. The maximum atomic E-state index is 13.1. The van der Waals surface area contributed by atoms with E-state index in [1.54, 1.807) is 17.6 Å². The van der Waals surface area contributed by atoms with Crippen LogP contribution in [0.2, 0.25) is 0 Å². The molecule has 0 unspecified atom stereocenters. The van der Waals surface area contributed by atoms with E-state index in [1.807, 2.05) is 31.2 Å². The average Bonchev–Trinajstić information content (AvgIpc) is 3.26. The van der Waals surface area contributed by atoms with Crippen molar-refractivity contribution in [1.29, 1.82) is 0 Å². The first kappa shape index (κ1) is 24.4. The predicted octanol–water partition coefficient (Wildman–Crippen LogP) is 3.47. The molecule has 0 aliphatic carbocycles. The highest BCUT2D eigenvalue weighted by Gasteiger charge is 2.49. The van der Waals surface area contributed by atoms with Gasteiger partial charge in [0.1, 0.15) is 11.4 Å². The van der Waals surface area contributed by atoms with Crippen molar-refractivity contribution >= 4 is 38.7 Å². The lowest BCUT2D eigenvalue weighted by Crippen LogP contribution is -2.43. The summed E-state index contributed by atoms with van der Waals surface area (Å²) < 4.78 is 30.1. The van der Waals surface area contributed by atoms with Crippen molar-refractivity contribution in [3.63, 3.8) is 0 Å². The minimum atomic E-state index is -3.58. The van der Waals surface area contributed by atoms with Crippen LogP contribution in [0, 0.1) is 0 Å². The first-order valence-corrected chi connectivity index (χ1v) is 13.0. The Kier molecular flexibility index (Phi) is 8.05. The molecular weight excluding hydrogens is 452 g/mol. The Morgan fingerprint density at radius 2 is 2.00 bits per heavy atom. The summed E-state index contributed by atoms with van der Waals surface area (Å²) in [6.45, 7) is 2.47. The maximum Gasteiger partial charge on any atom is 0.250 e. The summed E-state index contributed by atoms with van der Waals surface area (Å²) in [5.74, 6) is -0.953. The number of anilines is 1. The smallest absolute Gasteiger partial charge is 0.250 e. The van der Waals surface area contributed by atoms with Crippen LogP contribution in [0.4, 0.5) is 5.69 Å². The van der Waals surface area contributed by atoms with Crippen LogP contribution < -0.4 is 10.8 Å². The molecule has 3 N–H and O–H groups in total. The van der Waals surface area contributed by atoms with Gasteiger partial charge in [0.2, 0.25) is 11.8 Å². The molecule has 3 rings (SSSR count). The second-order valence-corrected chi connectivity index (χ2v) is 11.3. The number of ether oxygens (including phenoxy) is 1. The fourth-order valence-corrected chi connectivity index (χ4v) is 7.68. The highest BCUT2D eigenvalue weighted by atomic mass is 32.2. The molecule has 1 fully saturated rings. The number of benzene rings is 1. The molecule has 10 heteroatoms. The third kappa shape index (κ3) is 5.37. The van der Waals surface area contributed by atoms with Gasteiger partial charge in [-0.2, -0.15) is 0 Å². The number of carbonyl (C=O) groups excluding carboxylic acids is 2. The highest BCUT2D eigenvalue weighted by molar-refractivity contribution is 7.92. The van der Waals surface area contributed by atoms with Gasteiger partial charge in [-0.3, -0.25) is 14.8 Å². The molecule has 32 heavy (non-hydrogen) atoms. The number of amides is 2. The van der Waals surface area contributed by atoms with Crippen LogP contribution >= 0.6 is 11.3 Å². The van der Waals surface area contributed by atoms with Gasteiger partial charge < -0.3 is 10.1 Å². The first-order valence-electron chi connectivity index (χ1n) is 10.5. The molecule has 1 aliphatic rings. The van der Waals surface area contributed by atoms with Gasteiger partial charge in [0.15, 0.2) is 9.84 Å². The minimum absolute atomic E-state index is 0.0144. The Hall–Kier alpha value is -2.27. The van der Waals surface area contributed by atoms with Crippen LogP contribution in [0.5, 0.6) is 0 Å². The van der Waals surface area contributed by atoms with Gasteiger partial charge >= 0.3 is 0 Å². The van der Waals surface area contributed by atoms with Crippen molar-refractivity contribution in [3.05, 3.63) is 41.3 Å².